The third-order valence-corrected chi connectivity index (χ3v) is 5.82. The van der Waals surface area contributed by atoms with Crippen LogP contribution >= 0.6 is 23.2 Å². The number of benzene rings is 1. The molecule has 2 aliphatic rings. The van der Waals surface area contributed by atoms with Crippen molar-refractivity contribution in [2.24, 2.45) is 0 Å². The van der Waals surface area contributed by atoms with Crippen LogP contribution in [0.3, 0.4) is 0 Å². The SMILES string of the molecule is CC(=O)N(C1CCNc2c(Cl)cc(Cl)cc21)[C@H]1CCCN(C(=O)OC(C)(C)C)C1. The minimum absolute atomic E-state index is 0.0185. The molecule has 1 aromatic rings. The Bertz CT molecular complexity index is 794. The molecule has 0 spiro atoms. The minimum atomic E-state index is -0.550. The van der Waals surface area contributed by atoms with E-state index in [1.54, 1.807) is 17.9 Å². The number of anilines is 1. The molecule has 3 rings (SSSR count). The summed E-state index contributed by atoms with van der Waals surface area (Å²) in [6.45, 7) is 8.96. The van der Waals surface area contributed by atoms with Gasteiger partial charge in [0.15, 0.2) is 0 Å². The lowest BCUT2D eigenvalue weighted by Gasteiger charge is -2.44. The number of ether oxygens (including phenoxy) is 1. The molecule has 1 fully saturated rings. The number of hydrogen-bond donors (Lipinski definition) is 1. The number of nitrogens with zero attached hydrogens (tertiary/aromatic N) is 2. The zero-order valence-corrected chi connectivity index (χ0v) is 18.9. The normalized spacial score (nSPS) is 21.8. The molecule has 160 valence electrons. The molecule has 2 heterocycles. The van der Waals surface area contributed by atoms with Crippen LogP contribution in [0, 0.1) is 0 Å². The number of piperidine rings is 1. The molecule has 6 nitrogen and oxygen atoms in total. The molecular formula is C21H29Cl2N3O3. The van der Waals surface area contributed by atoms with E-state index in [0.717, 1.165) is 30.5 Å². The van der Waals surface area contributed by atoms with Gasteiger partial charge in [-0.2, -0.15) is 0 Å². The van der Waals surface area contributed by atoms with E-state index in [-0.39, 0.29) is 24.1 Å². The van der Waals surface area contributed by atoms with Crippen molar-refractivity contribution >= 4 is 40.9 Å². The number of likely N-dealkylation sites (tertiary alicyclic amines) is 1. The van der Waals surface area contributed by atoms with Crippen molar-refractivity contribution in [3.63, 3.8) is 0 Å². The third kappa shape index (κ3) is 5.10. The molecule has 1 aromatic carbocycles. The van der Waals surface area contributed by atoms with E-state index >= 15 is 0 Å². The molecular weight excluding hydrogens is 413 g/mol. The van der Waals surface area contributed by atoms with E-state index < -0.39 is 5.60 Å². The molecule has 0 radical (unpaired) electrons. The highest BCUT2D eigenvalue weighted by molar-refractivity contribution is 6.36. The Morgan fingerprint density at radius 2 is 1.97 bits per heavy atom. The average Bonchev–Trinajstić information content (AvgIpc) is 2.61. The first-order valence-electron chi connectivity index (χ1n) is 10.1. The second-order valence-corrected chi connectivity index (χ2v) is 9.58. The molecule has 8 heteroatoms. The fourth-order valence-corrected chi connectivity index (χ4v) is 4.80. The summed E-state index contributed by atoms with van der Waals surface area (Å²) in [5, 5.41) is 4.43. The van der Waals surface area contributed by atoms with Crippen LogP contribution in [0.4, 0.5) is 10.5 Å². The predicted octanol–water partition coefficient (Wildman–Crippen LogP) is 5.10. The average molecular weight is 442 g/mol. The van der Waals surface area contributed by atoms with Crippen LogP contribution < -0.4 is 5.32 Å². The quantitative estimate of drug-likeness (QED) is 0.693. The number of fused-ring (bicyclic) bond motifs is 1. The van der Waals surface area contributed by atoms with Crippen molar-refractivity contribution in [2.45, 2.75) is 64.6 Å². The fourth-order valence-electron chi connectivity index (χ4n) is 4.23. The van der Waals surface area contributed by atoms with Crippen molar-refractivity contribution in [1.82, 2.24) is 9.80 Å². The number of hydrogen-bond acceptors (Lipinski definition) is 4. The Balaban J connectivity index is 1.86. The molecule has 0 aliphatic carbocycles. The number of carbonyl (C=O) groups is 2. The summed E-state index contributed by atoms with van der Waals surface area (Å²) < 4.78 is 5.54. The van der Waals surface area contributed by atoms with Crippen molar-refractivity contribution in [3.8, 4) is 0 Å². The molecule has 2 aliphatic heterocycles. The largest absolute Gasteiger partial charge is 0.444 e. The first-order chi connectivity index (χ1) is 13.6. The van der Waals surface area contributed by atoms with Gasteiger partial charge < -0.3 is 19.9 Å². The summed E-state index contributed by atoms with van der Waals surface area (Å²) in [5.74, 6) is -0.0185. The second-order valence-electron chi connectivity index (χ2n) is 8.73. The van der Waals surface area contributed by atoms with E-state index in [4.69, 9.17) is 27.9 Å². The van der Waals surface area contributed by atoms with Gasteiger partial charge in [0, 0.05) is 37.1 Å². The van der Waals surface area contributed by atoms with Gasteiger partial charge in [0.1, 0.15) is 5.60 Å². The second kappa shape index (κ2) is 8.60. The summed E-state index contributed by atoms with van der Waals surface area (Å²) in [5.41, 5.74) is 1.21. The van der Waals surface area contributed by atoms with E-state index in [2.05, 4.69) is 5.32 Å². The van der Waals surface area contributed by atoms with Crippen LogP contribution in [0.1, 0.15) is 58.6 Å². The number of amides is 2. The lowest BCUT2D eigenvalue weighted by atomic mass is 9.93. The molecule has 1 saturated heterocycles. The molecule has 2 atom stereocenters. The highest BCUT2D eigenvalue weighted by Crippen LogP contribution is 2.42. The highest BCUT2D eigenvalue weighted by Gasteiger charge is 2.37. The molecule has 1 N–H and O–H groups in total. The Morgan fingerprint density at radius 1 is 1.24 bits per heavy atom. The van der Waals surface area contributed by atoms with Crippen LogP contribution in [0.15, 0.2) is 12.1 Å². The zero-order chi connectivity index (χ0) is 21.3. The Kier molecular flexibility index (Phi) is 6.54. The monoisotopic (exact) mass is 441 g/mol. The number of halogens is 2. The van der Waals surface area contributed by atoms with Crippen LogP contribution in [-0.2, 0) is 9.53 Å². The molecule has 0 bridgehead atoms. The lowest BCUT2D eigenvalue weighted by molar-refractivity contribution is -0.135. The van der Waals surface area contributed by atoms with Gasteiger partial charge in [-0.15, -0.1) is 0 Å². The predicted molar refractivity (Wildman–Crippen MR) is 116 cm³/mol. The van der Waals surface area contributed by atoms with E-state index in [1.165, 1.54) is 0 Å². The van der Waals surface area contributed by atoms with Crippen molar-refractivity contribution in [1.29, 1.82) is 0 Å². The maximum absolute atomic E-state index is 12.7. The highest BCUT2D eigenvalue weighted by atomic mass is 35.5. The van der Waals surface area contributed by atoms with Crippen LogP contribution in [0.2, 0.25) is 10.0 Å². The van der Waals surface area contributed by atoms with Gasteiger partial charge in [0.05, 0.1) is 22.8 Å². The summed E-state index contributed by atoms with van der Waals surface area (Å²) in [6, 6.07) is 3.37. The molecule has 0 aromatic heterocycles. The van der Waals surface area contributed by atoms with E-state index in [9.17, 15) is 9.59 Å². The van der Waals surface area contributed by atoms with Crippen molar-refractivity contribution in [3.05, 3.63) is 27.7 Å². The van der Waals surface area contributed by atoms with Gasteiger partial charge in [0.25, 0.3) is 0 Å². The van der Waals surface area contributed by atoms with Gasteiger partial charge in [-0.3, -0.25) is 4.79 Å². The smallest absolute Gasteiger partial charge is 0.410 e. The Labute approximate surface area is 182 Å². The van der Waals surface area contributed by atoms with Gasteiger partial charge in [0.2, 0.25) is 5.91 Å². The summed E-state index contributed by atoms with van der Waals surface area (Å²) in [7, 11) is 0. The van der Waals surface area contributed by atoms with E-state index in [0.29, 0.717) is 29.7 Å². The third-order valence-electron chi connectivity index (χ3n) is 5.31. The summed E-state index contributed by atoms with van der Waals surface area (Å²) in [6.07, 6.45) is 2.09. The topological polar surface area (TPSA) is 61.9 Å². The number of carbonyl (C=O) groups excluding carboxylic acids is 2. The van der Waals surface area contributed by atoms with Gasteiger partial charge in [-0.1, -0.05) is 23.2 Å². The maximum atomic E-state index is 12.7. The van der Waals surface area contributed by atoms with Crippen molar-refractivity contribution in [2.75, 3.05) is 25.0 Å². The summed E-state index contributed by atoms with van der Waals surface area (Å²) in [4.78, 5) is 28.9. The number of rotatable bonds is 2. The van der Waals surface area contributed by atoms with Crippen LogP contribution in [0.5, 0.6) is 0 Å². The van der Waals surface area contributed by atoms with Crippen LogP contribution in [0.25, 0.3) is 0 Å². The standard InChI is InChI=1S/C21H29Cl2N3O3/c1-13(27)26(15-6-5-9-25(12-15)20(28)29-21(2,3)4)18-7-8-24-19-16(18)10-14(22)11-17(19)23/h10-11,15,18,24H,5-9,12H2,1-4H3/t15-,18?/m0/s1. The fraction of sp³-hybridized carbons (Fsp3) is 0.619. The first-order valence-corrected chi connectivity index (χ1v) is 10.8. The van der Waals surface area contributed by atoms with Crippen molar-refractivity contribution < 1.29 is 14.3 Å². The maximum Gasteiger partial charge on any atom is 0.410 e. The Morgan fingerprint density at radius 3 is 2.62 bits per heavy atom. The molecule has 2 amide bonds. The number of nitrogens with one attached hydrogen (secondary N) is 1. The molecule has 0 saturated carbocycles. The van der Waals surface area contributed by atoms with Gasteiger partial charge in [-0.25, -0.2) is 4.79 Å². The summed E-state index contributed by atoms with van der Waals surface area (Å²) >= 11 is 12.6. The lowest BCUT2D eigenvalue weighted by Crippen LogP contribution is -2.53. The minimum Gasteiger partial charge on any atom is -0.444 e. The zero-order valence-electron chi connectivity index (χ0n) is 17.4. The van der Waals surface area contributed by atoms with Crippen LogP contribution in [-0.4, -0.2) is 53.1 Å². The molecule has 29 heavy (non-hydrogen) atoms. The first kappa shape index (κ1) is 22.0. The Hall–Kier alpha value is -1.66. The molecule has 1 unspecified atom stereocenters. The van der Waals surface area contributed by atoms with E-state index in [1.807, 2.05) is 31.7 Å². The van der Waals surface area contributed by atoms with Gasteiger partial charge >= 0.3 is 6.09 Å². The van der Waals surface area contributed by atoms with Gasteiger partial charge in [-0.05, 0) is 52.2 Å².